The van der Waals surface area contributed by atoms with E-state index in [9.17, 15) is 14.0 Å². The molecule has 3 rings (SSSR count). The number of hydrogen-bond acceptors (Lipinski definition) is 4. The van der Waals surface area contributed by atoms with E-state index in [1.54, 1.807) is 19.1 Å². The predicted octanol–water partition coefficient (Wildman–Crippen LogP) is 3.61. The number of hydrazine groups is 1. The molecule has 26 heavy (non-hydrogen) atoms. The van der Waals surface area contributed by atoms with Gasteiger partial charge in [0.2, 0.25) is 0 Å². The maximum atomic E-state index is 13.1. The largest absolute Gasteiger partial charge is 0.313 e. The Morgan fingerprint density at radius 2 is 1.73 bits per heavy atom. The summed E-state index contributed by atoms with van der Waals surface area (Å²) in [7, 11) is 3.50. The van der Waals surface area contributed by atoms with Crippen molar-refractivity contribution in [2.45, 2.75) is 32.1 Å². The standard InChI is InChI=1S/C19H22FN3O2S/c1-23(2)22-18(25)16-14-6-4-3-5-7-15(14)26-19(16)21-17(24)12-8-10-13(20)11-9-12/h8-11H,3-7H2,1-2H3,(H,21,24)(H,22,25). The van der Waals surface area contributed by atoms with Crippen molar-refractivity contribution < 1.29 is 14.0 Å². The van der Waals surface area contributed by atoms with Gasteiger partial charge in [0.05, 0.1) is 5.56 Å². The molecular weight excluding hydrogens is 353 g/mol. The smallest absolute Gasteiger partial charge is 0.268 e. The van der Waals surface area contributed by atoms with Crippen molar-refractivity contribution in [1.29, 1.82) is 0 Å². The zero-order chi connectivity index (χ0) is 18.7. The second kappa shape index (κ2) is 7.97. The Morgan fingerprint density at radius 1 is 1.04 bits per heavy atom. The van der Waals surface area contributed by atoms with Crippen molar-refractivity contribution in [3.63, 3.8) is 0 Å². The van der Waals surface area contributed by atoms with Crippen LogP contribution in [0.25, 0.3) is 0 Å². The SMILES string of the molecule is CN(C)NC(=O)c1c(NC(=O)c2ccc(F)cc2)sc2c1CCCCC2. The van der Waals surface area contributed by atoms with E-state index in [1.165, 1.54) is 40.5 Å². The van der Waals surface area contributed by atoms with Crippen LogP contribution in [-0.4, -0.2) is 30.9 Å². The number of fused-ring (bicyclic) bond motifs is 1. The number of hydrogen-bond donors (Lipinski definition) is 2. The molecule has 5 nitrogen and oxygen atoms in total. The third-order valence-electron chi connectivity index (χ3n) is 4.31. The third kappa shape index (κ3) is 4.11. The lowest BCUT2D eigenvalue weighted by Gasteiger charge is -2.14. The zero-order valence-corrected chi connectivity index (χ0v) is 15.7. The average Bonchev–Trinajstić information content (AvgIpc) is 2.76. The molecule has 0 radical (unpaired) electrons. The predicted molar refractivity (Wildman–Crippen MR) is 101 cm³/mol. The van der Waals surface area contributed by atoms with E-state index in [4.69, 9.17) is 0 Å². The second-order valence-corrected chi connectivity index (χ2v) is 7.67. The molecule has 2 aromatic rings. The van der Waals surface area contributed by atoms with Crippen molar-refractivity contribution >= 4 is 28.2 Å². The highest BCUT2D eigenvalue weighted by molar-refractivity contribution is 7.17. The summed E-state index contributed by atoms with van der Waals surface area (Å²) in [5, 5.41) is 5.01. The molecule has 1 aromatic carbocycles. The van der Waals surface area contributed by atoms with Crippen LogP contribution in [0, 0.1) is 5.82 Å². The van der Waals surface area contributed by atoms with Gasteiger partial charge in [-0.3, -0.25) is 15.0 Å². The summed E-state index contributed by atoms with van der Waals surface area (Å²) in [5.74, 6) is -0.959. The van der Waals surface area contributed by atoms with Crippen LogP contribution in [0.15, 0.2) is 24.3 Å². The normalized spacial score (nSPS) is 13.8. The van der Waals surface area contributed by atoms with Gasteiger partial charge in [-0.15, -0.1) is 11.3 Å². The molecule has 2 N–H and O–H groups in total. The fourth-order valence-corrected chi connectivity index (χ4v) is 4.39. The van der Waals surface area contributed by atoms with Crippen LogP contribution in [0.4, 0.5) is 9.39 Å². The highest BCUT2D eigenvalue weighted by atomic mass is 32.1. The molecule has 2 amide bonds. The molecule has 1 aliphatic carbocycles. The first-order valence-electron chi connectivity index (χ1n) is 8.65. The number of carbonyl (C=O) groups excluding carboxylic acids is 2. The summed E-state index contributed by atoms with van der Waals surface area (Å²) >= 11 is 1.47. The van der Waals surface area contributed by atoms with Crippen molar-refractivity contribution in [2.75, 3.05) is 19.4 Å². The Bertz CT molecular complexity index is 815. The van der Waals surface area contributed by atoms with Crippen LogP contribution >= 0.6 is 11.3 Å². The minimum Gasteiger partial charge on any atom is -0.313 e. The molecule has 7 heteroatoms. The van der Waals surface area contributed by atoms with Crippen LogP contribution in [0.2, 0.25) is 0 Å². The van der Waals surface area contributed by atoms with E-state index in [2.05, 4.69) is 10.7 Å². The first-order chi connectivity index (χ1) is 12.5. The molecule has 0 saturated carbocycles. The Kier molecular flexibility index (Phi) is 5.68. The van der Waals surface area contributed by atoms with Crippen molar-refractivity contribution in [1.82, 2.24) is 10.4 Å². The molecule has 1 heterocycles. The highest BCUT2D eigenvalue weighted by Crippen LogP contribution is 2.37. The molecule has 0 spiro atoms. The number of amides is 2. The topological polar surface area (TPSA) is 61.4 Å². The van der Waals surface area contributed by atoms with Crippen LogP contribution in [0.5, 0.6) is 0 Å². The first-order valence-corrected chi connectivity index (χ1v) is 9.47. The molecule has 0 atom stereocenters. The van der Waals surface area contributed by atoms with Gasteiger partial charge in [0.15, 0.2) is 0 Å². The van der Waals surface area contributed by atoms with E-state index < -0.39 is 5.82 Å². The quantitative estimate of drug-likeness (QED) is 0.634. The van der Waals surface area contributed by atoms with Gasteiger partial charge < -0.3 is 5.32 Å². The van der Waals surface area contributed by atoms with Gasteiger partial charge in [-0.2, -0.15) is 0 Å². The summed E-state index contributed by atoms with van der Waals surface area (Å²) in [6, 6.07) is 5.36. The maximum Gasteiger partial charge on any atom is 0.268 e. The zero-order valence-electron chi connectivity index (χ0n) is 14.9. The lowest BCUT2D eigenvalue weighted by molar-refractivity contribution is 0.0857. The monoisotopic (exact) mass is 375 g/mol. The summed E-state index contributed by atoms with van der Waals surface area (Å²) in [6.07, 6.45) is 5.04. The fourth-order valence-electron chi connectivity index (χ4n) is 3.11. The van der Waals surface area contributed by atoms with Crippen molar-refractivity contribution in [3.05, 3.63) is 51.7 Å². The van der Waals surface area contributed by atoms with E-state index in [0.717, 1.165) is 37.7 Å². The van der Waals surface area contributed by atoms with Crippen molar-refractivity contribution in [2.24, 2.45) is 0 Å². The molecule has 0 bridgehead atoms. The highest BCUT2D eigenvalue weighted by Gasteiger charge is 2.26. The fraction of sp³-hybridized carbons (Fsp3) is 0.368. The number of carbonyl (C=O) groups is 2. The van der Waals surface area contributed by atoms with E-state index in [-0.39, 0.29) is 11.8 Å². The Balaban J connectivity index is 1.93. The number of aryl methyl sites for hydroxylation is 1. The summed E-state index contributed by atoms with van der Waals surface area (Å²) in [5.41, 5.74) is 4.73. The van der Waals surface area contributed by atoms with Gasteiger partial charge in [0, 0.05) is 24.5 Å². The summed E-state index contributed by atoms with van der Waals surface area (Å²) < 4.78 is 13.1. The minimum absolute atomic E-state index is 0.219. The van der Waals surface area contributed by atoms with Crippen LogP contribution in [-0.2, 0) is 12.8 Å². The molecule has 1 aromatic heterocycles. The second-order valence-electron chi connectivity index (χ2n) is 6.56. The number of rotatable bonds is 4. The Morgan fingerprint density at radius 3 is 2.42 bits per heavy atom. The number of thiophene rings is 1. The lowest BCUT2D eigenvalue weighted by atomic mass is 10.0. The van der Waals surface area contributed by atoms with Gasteiger partial charge in [0.25, 0.3) is 11.8 Å². The van der Waals surface area contributed by atoms with Gasteiger partial charge >= 0.3 is 0 Å². The molecule has 0 aliphatic heterocycles. The first kappa shape index (κ1) is 18.5. The average molecular weight is 375 g/mol. The van der Waals surface area contributed by atoms with Crippen LogP contribution in [0.3, 0.4) is 0 Å². The number of halogens is 1. The summed E-state index contributed by atoms with van der Waals surface area (Å²) in [6.45, 7) is 0. The number of nitrogens with one attached hydrogen (secondary N) is 2. The van der Waals surface area contributed by atoms with E-state index >= 15 is 0 Å². The van der Waals surface area contributed by atoms with Gasteiger partial charge in [-0.1, -0.05) is 6.42 Å². The minimum atomic E-state index is -0.393. The van der Waals surface area contributed by atoms with E-state index in [0.29, 0.717) is 16.1 Å². The van der Waals surface area contributed by atoms with Gasteiger partial charge in [-0.25, -0.2) is 9.40 Å². The summed E-state index contributed by atoms with van der Waals surface area (Å²) in [4.78, 5) is 26.4. The number of anilines is 1. The van der Waals surface area contributed by atoms with Crippen molar-refractivity contribution in [3.8, 4) is 0 Å². The molecule has 1 aliphatic rings. The lowest BCUT2D eigenvalue weighted by Crippen LogP contribution is -2.36. The third-order valence-corrected chi connectivity index (χ3v) is 5.51. The number of nitrogens with zero attached hydrogens (tertiary/aromatic N) is 1. The molecule has 138 valence electrons. The number of benzene rings is 1. The maximum absolute atomic E-state index is 13.1. The Hall–Kier alpha value is -2.25. The van der Waals surface area contributed by atoms with Gasteiger partial charge in [0.1, 0.15) is 10.8 Å². The Labute approximate surface area is 156 Å². The molecule has 0 saturated heterocycles. The van der Waals surface area contributed by atoms with E-state index in [1.807, 2.05) is 0 Å². The van der Waals surface area contributed by atoms with Gasteiger partial charge in [-0.05, 0) is 55.5 Å². The van der Waals surface area contributed by atoms with Crippen LogP contribution in [0.1, 0.15) is 50.4 Å². The molecule has 0 fully saturated rings. The van der Waals surface area contributed by atoms with Crippen LogP contribution < -0.4 is 10.7 Å². The molecule has 0 unspecified atom stereocenters. The molecular formula is C19H22FN3O2S.